The first-order valence-electron chi connectivity index (χ1n) is 9.34. The van der Waals surface area contributed by atoms with Gasteiger partial charge in [-0.05, 0) is 48.8 Å². The molecule has 1 aromatic rings. The van der Waals surface area contributed by atoms with Crippen molar-refractivity contribution < 1.29 is 19.4 Å². The molecule has 0 radical (unpaired) electrons. The SMILES string of the molecule is COC(=O)C1(c2cccc(NC(=O)N3CC(C)CC(CO)C3)c2)CCC1. The van der Waals surface area contributed by atoms with Gasteiger partial charge in [-0.25, -0.2) is 4.79 Å². The first-order chi connectivity index (χ1) is 12.5. The summed E-state index contributed by atoms with van der Waals surface area (Å²) in [7, 11) is 1.42. The van der Waals surface area contributed by atoms with Crippen molar-refractivity contribution in [1.29, 1.82) is 0 Å². The average Bonchev–Trinajstić information content (AvgIpc) is 2.60. The lowest BCUT2D eigenvalue weighted by molar-refractivity contribution is -0.151. The molecule has 1 saturated heterocycles. The number of urea groups is 1. The number of ether oxygens (including phenoxy) is 1. The van der Waals surface area contributed by atoms with Gasteiger partial charge in [0.25, 0.3) is 0 Å². The molecule has 1 aromatic carbocycles. The van der Waals surface area contributed by atoms with Crippen LogP contribution in [0.2, 0.25) is 0 Å². The fraction of sp³-hybridized carbons (Fsp3) is 0.600. The van der Waals surface area contributed by atoms with E-state index in [0.29, 0.717) is 24.7 Å². The number of anilines is 1. The maximum Gasteiger partial charge on any atom is 0.321 e. The molecule has 2 N–H and O–H groups in total. The number of esters is 1. The number of hydrogen-bond acceptors (Lipinski definition) is 4. The van der Waals surface area contributed by atoms with Gasteiger partial charge in [0.1, 0.15) is 0 Å². The van der Waals surface area contributed by atoms with E-state index in [1.165, 1.54) is 7.11 Å². The Morgan fingerprint density at radius 1 is 1.35 bits per heavy atom. The van der Waals surface area contributed by atoms with Crippen molar-refractivity contribution in [2.24, 2.45) is 11.8 Å². The first-order valence-corrected chi connectivity index (χ1v) is 9.34. The van der Waals surface area contributed by atoms with E-state index in [1.807, 2.05) is 24.3 Å². The van der Waals surface area contributed by atoms with Gasteiger partial charge in [0.15, 0.2) is 0 Å². The van der Waals surface area contributed by atoms with E-state index < -0.39 is 5.41 Å². The largest absolute Gasteiger partial charge is 0.468 e. The normalized spacial score (nSPS) is 24.5. The van der Waals surface area contributed by atoms with Gasteiger partial charge in [-0.3, -0.25) is 4.79 Å². The van der Waals surface area contributed by atoms with Crippen LogP contribution in [0.15, 0.2) is 24.3 Å². The Kier molecular flexibility index (Phi) is 5.51. The lowest BCUT2D eigenvalue weighted by Gasteiger charge is -2.39. The maximum atomic E-state index is 12.7. The zero-order valence-corrected chi connectivity index (χ0v) is 15.5. The highest BCUT2D eigenvalue weighted by molar-refractivity contribution is 5.90. The molecule has 2 unspecified atom stereocenters. The van der Waals surface area contributed by atoms with Crippen LogP contribution in [0, 0.1) is 11.8 Å². The van der Waals surface area contributed by atoms with Crippen LogP contribution in [0.25, 0.3) is 0 Å². The van der Waals surface area contributed by atoms with E-state index in [1.54, 1.807) is 4.90 Å². The Hall–Kier alpha value is -2.08. The smallest absolute Gasteiger partial charge is 0.321 e. The molecule has 0 spiro atoms. The number of carbonyl (C=O) groups is 2. The number of methoxy groups -OCH3 is 1. The Labute approximate surface area is 154 Å². The number of benzene rings is 1. The minimum Gasteiger partial charge on any atom is -0.468 e. The van der Waals surface area contributed by atoms with Crippen molar-refractivity contribution in [2.75, 3.05) is 32.1 Å². The lowest BCUT2D eigenvalue weighted by Crippen LogP contribution is -2.46. The van der Waals surface area contributed by atoms with Crippen LogP contribution in [0.1, 0.15) is 38.2 Å². The predicted molar refractivity (Wildman–Crippen MR) is 98.9 cm³/mol. The minimum absolute atomic E-state index is 0.102. The number of rotatable bonds is 4. The van der Waals surface area contributed by atoms with Crippen molar-refractivity contribution in [1.82, 2.24) is 4.90 Å². The molecule has 2 amide bonds. The molecule has 3 rings (SSSR count). The Bertz CT molecular complexity index is 672. The van der Waals surface area contributed by atoms with E-state index >= 15 is 0 Å². The molecule has 2 aliphatic rings. The topological polar surface area (TPSA) is 78.9 Å². The first kappa shape index (κ1) is 18.7. The van der Waals surface area contributed by atoms with Crippen LogP contribution in [0.5, 0.6) is 0 Å². The summed E-state index contributed by atoms with van der Waals surface area (Å²) in [6.07, 6.45) is 3.50. The molecule has 1 aliphatic carbocycles. The molecule has 142 valence electrons. The van der Waals surface area contributed by atoms with E-state index in [9.17, 15) is 14.7 Å². The molecule has 0 bridgehead atoms. The molecule has 2 atom stereocenters. The average molecular weight is 360 g/mol. The summed E-state index contributed by atoms with van der Waals surface area (Å²) in [5, 5.41) is 12.4. The van der Waals surface area contributed by atoms with Crippen LogP contribution in [-0.4, -0.2) is 48.8 Å². The van der Waals surface area contributed by atoms with E-state index in [4.69, 9.17) is 4.74 Å². The summed E-state index contributed by atoms with van der Waals surface area (Å²) >= 11 is 0. The number of amides is 2. The van der Waals surface area contributed by atoms with Gasteiger partial charge in [-0.2, -0.15) is 0 Å². The molecular formula is C20H28N2O4. The Morgan fingerprint density at radius 2 is 2.12 bits per heavy atom. The summed E-state index contributed by atoms with van der Waals surface area (Å²) < 4.78 is 5.01. The van der Waals surface area contributed by atoms with Crippen LogP contribution in [-0.2, 0) is 14.9 Å². The molecule has 1 heterocycles. The van der Waals surface area contributed by atoms with Crippen molar-refractivity contribution in [2.45, 2.75) is 38.0 Å². The molecule has 1 saturated carbocycles. The van der Waals surface area contributed by atoms with E-state index in [2.05, 4.69) is 12.2 Å². The fourth-order valence-electron chi connectivity index (χ4n) is 4.21. The third-order valence-electron chi connectivity index (χ3n) is 5.74. The molecular weight excluding hydrogens is 332 g/mol. The zero-order chi connectivity index (χ0) is 18.7. The summed E-state index contributed by atoms with van der Waals surface area (Å²) in [4.78, 5) is 26.7. The molecule has 6 nitrogen and oxygen atoms in total. The van der Waals surface area contributed by atoms with Gasteiger partial charge >= 0.3 is 12.0 Å². The van der Waals surface area contributed by atoms with Crippen molar-refractivity contribution in [3.8, 4) is 0 Å². The third-order valence-corrected chi connectivity index (χ3v) is 5.74. The second-order valence-corrected chi connectivity index (χ2v) is 7.73. The number of carbonyl (C=O) groups excluding carboxylic acids is 2. The van der Waals surface area contributed by atoms with Crippen LogP contribution in [0.3, 0.4) is 0 Å². The van der Waals surface area contributed by atoms with Gasteiger partial charge in [-0.1, -0.05) is 25.5 Å². The number of aliphatic hydroxyl groups excluding tert-OH is 1. The third kappa shape index (κ3) is 3.56. The van der Waals surface area contributed by atoms with E-state index in [-0.39, 0.29) is 24.5 Å². The Balaban J connectivity index is 1.73. The lowest BCUT2D eigenvalue weighted by atomic mass is 9.64. The molecule has 1 aliphatic heterocycles. The van der Waals surface area contributed by atoms with Gasteiger partial charge in [0.2, 0.25) is 0 Å². The fourth-order valence-corrected chi connectivity index (χ4v) is 4.21. The van der Waals surface area contributed by atoms with Crippen LogP contribution in [0.4, 0.5) is 10.5 Å². The predicted octanol–water partition coefficient (Wildman–Crippen LogP) is 2.76. The summed E-state index contributed by atoms with van der Waals surface area (Å²) in [5.74, 6) is 0.298. The molecule has 2 fully saturated rings. The molecule has 0 aromatic heterocycles. The number of piperidine rings is 1. The van der Waals surface area contributed by atoms with Crippen LogP contribution >= 0.6 is 0 Å². The number of nitrogens with one attached hydrogen (secondary N) is 1. The number of aliphatic hydroxyl groups is 1. The Morgan fingerprint density at radius 3 is 2.73 bits per heavy atom. The van der Waals surface area contributed by atoms with Crippen molar-refractivity contribution in [3.05, 3.63) is 29.8 Å². The highest BCUT2D eigenvalue weighted by Crippen LogP contribution is 2.45. The number of nitrogens with zero attached hydrogens (tertiary/aromatic N) is 1. The van der Waals surface area contributed by atoms with Crippen molar-refractivity contribution in [3.63, 3.8) is 0 Å². The zero-order valence-electron chi connectivity index (χ0n) is 15.5. The minimum atomic E-state index is -0.572. The number of likely N-dealkylation sites (tertiary alicyclic amines) is 1. The van der Waals surface area contributed by atoms with Crippen LogP contribution < -0.4 is 5.32 Å². The highest BCUT2D eigenvalue weighted by atomic mass is 16.5. The second kappa shape index (κ2) is 7.66. The summed E-state index contributed by atoms with van der Waals surface area (Å²) in [6.45, 7) is 3.46. The highest BCUT2D eigenvalue weighted by Gasteiger charge is 2.46. The van der Waals surface area contributed by atoms with Gasteiger partial charge in [0, 0.05) is 25.4 Å². The summed E-state index contributed by atoms with van der Waals surface area (Å²) in [5.41, 5.74) is 1.01. The van der Waals surface area contributed by atoms with Gasteiger partial charge < -0.3 is 20.1 Å². The quantitative estimate of drug-likeness (QED) is 0.809. The second-order valence-electron chi connectivity index (χ2n) is 7.73. The van der Waals surface area contributed by atoms with Gasteiger partial charge in [0.05, 0.1) is 12.5 Å². The maximum absolute atomic E-state index is 12.7. The standard InChI is InChI=1S/C20H28N2O4/c1-14-9-15(13-23)12-22(11-14)19(25)21-17-6-3-5-16(10-17)20(7-4-8-20)18(24)26-2/h3,5-6,10,14-15,23H,4,7-9,11-13H2,1-2H3,(H,21,25). The molecule has 26 heavy (non-hydrogen) atoms. The van der Waals surface area contributed by atoms with E-state index in [0.717, 1.165) is 31.2 Å². The molecule has 6 heteroatoms. The monoisotopic (exact) mass is 360 g/mol. The number of hydrogen-bond donors (Lipinski definition) is 2. The summed E-state index contributed by atoms with van der Waals surface area (Å²) in [6, 6.07) is 7.35. The van der Waals surface area contributed by atoms with Crippen molar-refractivity contribution >= 4 is 17.7 Å². The van der Waals surface area contributed by atoms with Gasteiger partial charge in [-0.15, -0.1) is 0 Å².